The maximum absolute atomic E-state index is 5.84. The molecule has 1 aliphatic rings. The highest BCUT2D eigenvalue weighted by Crippen LogP contribution is 2.24. The molecule has 0 bridgehead atoms. The van der Waals surface area contributed by atoms with Crippen LogP contribution in [0.4, 0.5) is 0 Å². The van der Waals surface area contributed by atoms with Crippen LogP contribution in [-0.2, 0) is 4.74 Å². The van der Waals surface area contributed by atoms with Gasteiger partial charge in [-0.2, -0.15) is 0 Å². The van der Waals surface area contributed by atoms with E-state index >= 15 is 0 Å². The van der Waals surface area contributed by atoms with Crippen LogP contribution in [0.3, 0.4) is 0 Å². The third-order valence-electron chi connectivity index (χ3n) is 3.28. The standard InChI is InChI=1S/C12H20N2O2/c1-15-10-4-2-6-14(9-10)11(8-13)12-5-3-7-16-12/h3,5,7,10-11H,2,4,6,8-9,13H2,1H3. The monoisotopic (exact) mass is 224 g/mol. The van der Waals surface area contributed by atoms with Gasteiger partial charge in [0, 0.05) is 20.2 Å². The van der Waals surface area contributed by atoms with E-state index in [4.69, 9.17) is 14.9 Å². The van der Waals surface area contributed by atoms with Crippen LogP contribution in [-0.4, -0.2) is 37.7 Å². The van der Waals surface area contributed by atoms with E-state index in [-0.39, 0.29) is 6.04 Å². The number of methoxy groups -OCH3 is 1. The summed E-state index contributed by atoms with van der Waals surface area (Å²) in [6, 6.07) is 4.09. The molecule has 1 aromatic heterocycles. The fraction of sp³-hybridized carbons (Fsp3) is 0.667. The molecule has 90 valence electrons. The van der Waals surface area contributed by atoms with Gasteiger partial charge < -0.3 is 14.9 Å². The lowest BCUT2D eigenvalue weighted by Gasteiger charge is -2.36. The highest BCUT2D eigenvalue weighted by Gasteiger charge is 2.27. The Kier molecular flexibility index (Phi) is 3.98. The Hall–Kier alpha value is -0.840. The van der Waals surface area contributed by atoms with Crippen molar-refractivity contribution in [2.45, 2.75) is 25.0 Å². The second kappa shape index (κ2) is 5.48. The number of piperidine rings is 1. The van der Waals surface area contributed by atoms with Gasteiger partial charge in [-0.1, -0.05) is 0 Å². The largest absolute Gasteiger partial charge is 0.468 e. The molecule has 0 radical (unpaired) electrons. The zero-order chi connectivity index (χ0) is 11.4. The van der Waals surface area contributed by atoms with Gasteiger partial charge >= 0.3 is 0 Å². The van der Waals surface area contributed by atoms with Crippen LogP contribution in [0.25, 0.3) is 0 Å². The molecule has 1 aliphatic heterocycles. The van der Waals surface area contributed by atoms with Crippen molar-refractivity contribution < 1.29 is 9.15 Å². The van der Waals surface area contributed by atoms with Gasteiger partial charge in [0.2, 0.25) is 0 Å². The minimum Gasteiger partial charge on any atom is -0.468 e. The maximum atomic E-state index is 5.84. The van der Waals surface area contributed by atoms with E-state index in [0.717, 1.165) is 31.7 Å². The van der Waals surface area contributed by atoms with Crippen LogP contribution in [0.5, 0.6) is 0 Å². The zero-order valence-electron chi connectivity index (χ0n) is 9.76. The van der Waals surface area contributed by atoms with Crippen molar-refractivity contribution in [2.24, 2.45) is 5.73 Å². The van der Waals surface area contributed by atoms with Crippen molar-refractivity contribution in [3.8, 4) is 0 Å². The van der Waals surface area contributed by atoms with Crippen LogP contribution >= 0.6 is 0 Å². The number of furan rings is 1. The Morgan fingerprint density at radius 2 is 2.56 bits per heavy atom. The fourth-order valence-corrected chi connectivity index (χ4v) is 2.37. The summed E-state index contributed by atoms with van der Waals surface area (Å²) in [4.78, 5) is 2.36. The zero-order valence-corrected chi connectivity index (χ0v) is 9.76. The maximum Gasteiger partial charge on any atom is 0.122 e. The first-order chi connectivity index (χ1) is 7.85. The summed E-state index contributed by atoms with van der Waals surface area (Å²) in [6.45, 7) is 2.60. The number of ether oxygens (including phenoxy) is 1. The molecule has 0 spiro atoms. The van der Waals surface area contributed by atoms with Crippen LogP contribution in [0.1, 0.15) is 24.6 Å². The molecule has 1 fully saturated rings. The van der Waals surface area contributed by atoms with Crippen molar-refractivity contribution in [1.29, 1.82) is 0 Å². The van der Waals surface area contributed by atoms with E-state index in [1.54, 1.807) is 13.4 Å². The molecule has 0 saturated carbocycles. The second-order valence-electron chi connectivity index (χ2n) is 4.26. The van der Waals surface area contributed by atoms with Crippen molar-refractivity contribution in [2.75, 3.05) is 26.7 Å². The molecule has 16 heavy (non-hydrogen) atoms. The van der Waals surface area contributed by atoms with Gasteiger partial charge in [-0.15, -0.1) is 0 Å². The molecule has 4 nitrogen and oxygen atoms in total. The molecule has 2 rings (SSSR count). The summed E-state index contributed by atoms with van der Waals surface area (Å²) in [7, 11) is 1.78. The molecule has 4 heteroatoms. The van der Waals surface area contributed by atoms with E-state index < -0.39 is 0 Å². The average Bonchev–Trinajstić information content (AvgIpc) is 2.84. The number of hydrogen-bond acceptors (Lipinski definition) is 4. The normalized spacial score (nSPS) is 24.5. The third kappa shape index (κ3) is 2.45. The fourth-order valence-electron chi connectivity index (χ4n) is 2.37. The van der Waals surface area contributed by atoms with Gasteiger partial charge in [0.25, 0.3) is 0 Å². The van der Waals surface area contributed by atoms with Crippen molar-refractivity contribution in [1.82, 2.24) is 4.90 Å². The van der Waals surface area contributed by atoms with E-state index in [1.165, 1.54) is 0 Å². The van der Waals surface area contributed by atoms with E-state index in [9.17, 15) is 0 Å². The van der Waals surface area contributed by atoms with Crippen LogP contribution < -0.4 is 5.73 Å². The lowest BCUT2D eigenvalue weighted by Crippen LogP contribution is -2.43. The summed E-state index contributed by atoms with van der Waals surface area (Å²) in [5.41, 5.74) is 5.84. The van der Waals surface area contributed by atoms with Gasteiger partial charge in [-0.05, 0) is 31.5 Å². The Morgan fingerprint density at radius 3 is 3.19 bits per heavy atom. The number of nitrogens with two attached hydrogens (primary N) is 1. The van der Waals surface area contributed by atoms with Crippen LogP contribution in [0, 0.1) is 0 Å². The van der Waals surface area contributed by atoms with Gasteiger partial charge in [-0.25, -0.2) is 0 Å². The van der Waals surface area contributed by atoms with E-state index in [2.05, 4.69) is 4.90 Å². The summed E-state index contributed by atoms with van der Waals surface area (Å²) in [6.07, 6.45) is 4.34. The Balaban J connectivity index is 2.03. The lowest BCUT2D eigenvalue weighted by molar-refractivity contribution is 0.0119. The molecule has 0 aromatic carbocycles. The Labute approximate surface area is 96.4 Å². The molecule has 2 N–H and O–H groups in total. The van der Waals surface area contributed by atoms with Crippen molar-refractivity contribution in [3.63, 3.8) is 0 Å². The molecule has 2 atom stereocenters. The molecular weight excluding hydrogens is 204 g/mol. The summed E-state index contributed by atoms with van der Waals surface area (Å²) in [5.74, 6) is 0.958. The number of rotatable bonds is 4. The first kappa shape index (κ1) is 11.6. The van der Waals surface area contributed by atoms with Gasteiger partial charge in [0.05, 0.1) is 18.4 Å². The first-order valence-corrected chi connectivity index (χ1v) is 5.85. The highest BCUT2D eigenvalue weighted by molar-refractivity contribution is 5.06. The van der Waals surface area contributed by atoms with Crippen LogP contribution in [0.2, 0.25) is 0 Å². The molecule has 0 aliphatic carbocycles. The van der Waals surface area contributed by atoms with E-state index in [0.29, 0.717) is 12.6 Å². The highest BCUT2D eigenvalue weighted by atomic mass is 16.5. The average molecular weight is 224 g/mol. The Morgan fingerprint density at radius 1 is 1.69 bits per heavy atom. The summed E-state index contributed by atoms with van der Waals surface area (Å²) in [5, 5.41) is 0. The minimum absolute atomic E-state index is 0.188. The van der Waals surface area contributed by atoms with Crippen molar-refractivity contribution >= 4 is 0 Å². The number of nitrogens with zero attached hydrogens (tertiary/aromatic N) is 1. The minimum atomic E-state index is 0.188. The van der Waals surface area contributed by atoms with Crippen molar-refractivity contribution in [3.05, 3.63) is 24.2 Å². The molecular formula is C12H20N2O2. The summed E-state index contributed by atoms with van der Waals surface area (Å²) >= 11 is 0. The predicted octanol–water partition coefficient (Wildman–Crippen LogP) is 1.39. The predicted molar refractivity (Wildman–Crippen MR) is 62.1 cm³/mol. The quantitative estimate of drug-likeness (QED) is 0.839. The van der Waals surface area contributed by atoms with E-state index in [1.807, 2.05) is 12.1 Å². The topological polar surface area (TPSA) is 51.6 Å². The molecule has 2 heterocycles. The SMILES string of the molecule is COC1CCCN(C(CN)c2ccco2)C1. The second-order valence-corrected chi connectivity index (χ2v) is 4.26. The third-order valence-corrected chi connectivity index (χ3v) is 3.28. The number of likely N-dealkylation sites (tertiary alicyclic amines) is 1. The van der Waals surface area contributed by atoms with Gasteiger partial charge in [-0.3, -0.25) is 4.90 Å². The van der Waals surface area contributed by atoms with Gasteiger partial charge in [0.15, 0.2) is 0 Å². The van der Waals surface area contributed by atoms with Gasteiger partial charge in [0.1, 0.15) is 5.76 Å². The molecule has 0 amide bonds. The van der Waals surface area contributed by atoms with Crippen LogP contribution in [0.15, 0.2) is 22.8 Å². The Bertz CT molecular complexity index is 300. The molecule has 2 unspecified atom stereocenters. The smallest absolute Gasteiger partial charge is 0.122 e. The molecule has 1 saturated heterocycles. The lowest BCUT2D eigenvalue weighted by atomic mass is 10.0. The number of hydrogen-bond donors (Lipinski definition) is 1. The first-order valence-electron chi connectivity index (χ1n) is 5.85. The summed E-state index contributed by atoms with van der Waals surface area (Å²) < 4.78 is 10.9. The molecule has 1 aromatic rings.